The first-order valence-electron chi connectivity index (χ1n) is 6.50. The molecule has 102 valence electrons. The summed E-state index contributed by atoms with van der Waals surface area (Å²) in [7, 11) is 1.65. The van der Waals surface area contributed by atoms with E-state index in [-0.39, 0.29) is 12.1 Å². The molecule has 1 amide bonds. The van der Waals surface area contributed by atoms with Gasteiger partial charge in [-0.3, -0.25) is 4.79 Å². The van der Waals surface area contributed by atoms with E-state index >= 15 is 0 Å². The number of para-hydroxylation sites is 1. The number of carbonyl (C=O) groups excluding carboxylic acids is 1. The summed E-state index contributed by atoms with van der Waals surface area (Å²) in [6.07, 6.45) is -0.220. The van der Waals surface area contributed by atoms with Crippen LogP contribution in [0.25, 0.3) is 0 Å². The Balaban J connectivity index is 1.94. The summed E-state index contributed by atoms with van der Waals surface area (Å²) in [5.74, 6) is 0.786. The number of carbonyl (C=O) groups is 1. The maximum atomic E-state index is 12.1. The molecule has 4 heteroatoms. The summed E-state index contributed by atoms with van der Waals surface area (Å²) in [6.45, 7) is 1.99. The molecule has 0 saturated heterocycles. The Morgan fingerprint density at radius 3 is 2.65 bits per heavy atom. The molecule has 0 saturated carbocycles. The van der Waals surface area contributed by atoms with Gasteiger partial charge < -0.3 is 15.4 Å². The smallest absolute Gasteiger partial charge is 0.255 e. The van der Waals surface area contributed by atoms with Gasteiger partial charge in [-0.15, -0.1) is 0 Å². The van der Waals surface area contributed by atoms with Crippen molar-refractivity contribution < 1.29 is 9.53 Å². The lowest BCUT2D eigenvalue weighted by Gasteiger charge is -2.28. The van der Waals surface area contributed by atoms with Crippen molar-refractivity contribution in [3.8, 4) is 5.75 Å². The predicted octanol–water partition coefficient (Wildman–Crippen LogP) is 2.86. The normalized spacial score (nSPS) is 16.9. The maximum Gasteiger partial charge on any atom is 0.255 e. The molecular weight excluding hydrogens is 252 g/mol. The summed E-state index contributed by atoms with van der Waals surface area (Å²) in [6, 6.07) is 13.4. The number of aryl methyl sites for hydroxylation is 1. The third-order valence-corrected chi connectivity index (χ3v) is 3.50. The van der Waals surface area contributed by atoms with Gasteiger partial charge in [0.1, 0.15) is 11.9 Å². The minimum absolute atomic E-state index is 0.0576. The van der Waals surface area contributed by atoms with Gasteiger partial charge in [-0.2, -0.15) is 0 Å². The number of hydrogen-bond donors (Lipinski definition) is 2. The fourth-order valence-corrected chi connectivity index (χ4v) is 2.46. The van der Waals surface area contributed by atoms with Gasteiger partial charge in [0, 0.05) is 5.69 Å². The van der Waals surface area contributed by atoms with Crippen LogP contribution in [0.15, 0.2) is 42.5 Å². The maximum absolute atomic E-state index is 12.1. The zero-order valence-corrected chi connectivity index (χ0v) is 11.4. The lowest BCUT2D eigenvalue weighted by atomic mass is 10.0. The van der Waals surface area contributed by atoms with Crippen molar-refractivity contribution >= 4 is 11.6 Å². The predicted molar refractivity (Wildman–Crippen MR) is 78.0 cm³/mol. The molecule has 0 aromatic heterocycles. The number of rotatable bonds is 2. The molecule has 0 radical (unpaired) electrons. The molecule has 20 heavy (non-hydrogen) atoms. The Kier molecular flexibility index (Phi) is 3.06. The molecule has 0 aliphatic carbocycles. The van der Waals surface area contributed by atoms with Crippen molar-refractivity contribution in [2.45, 2.75) is 13.1 Å². The minimum atomic E-state index is -0.220. The zero-order chi connectivity index (χ0) is 14.1. The summed E-state index contributed by atoms with van der Waals surface area (Å²) >= 11 is 0. The highest BCUT2D eigenvalue weighted by Crippen LogP contribution is 2.28. The topological polar surface area (TPSA) is 50.4 Å². The molecule has 0 spiro atoms. The number of benzene rings is 2. The molecule has 2 aromatic rings. The fourth-order valence-electron chi connectivity index (χ4n) is 2.46. The first-order valence-corrected chi connectivity index (χ1v) is 6.50. The molecule has 1 aliphatic rings. The number of hydrogen-bond acceptors (Lipinski definition) is 3. The average molecular weight is 268 g/mol. The van der Waals surface area contributed by atoms with Crippen LogP contribution in [-0.2, 0) is 0 Å². The second-order valence-electron chi connectivity index (χ2n) is 4.83. The largest absolute Gasteiger partial charge is 0.496 e. The van der Waals surface area contributed by atoms with Crippen molar-refractivity contribution in [3.63, 3.8) is 0 Å². The fraction of sp³-hybridized carbons (Fsp3) is 0.188. The molecule has 2 aromatic carbocycles. The van der Waals surface area contributed by atoms with E-state index in [2.05, 4.69) is 10.6 Å². The molecule has 1 unspecified atom stereocenters. The van der Waals surface area contributed by atoms with Crippen molar-refractivity contribution in [2.24, 2.45) is 0 Å². The van der Waals surface area contributed by atoms with E-state index in [1.165, 1.54) is 0 Å². The molecule has 0 bridgehead atoms. The van der Waals surface area contributed by atoms with Crippen LogP contribution in [0, 0.1) is 6.92 Å². The van der Waals surface area contributed by atoms with Gasteiger partial charge in [-0.05, 0) is 42.3 Å². The summed E-state index contributed by atoms with van der Waals surface area (Å²) in [5.41, 5.74) is 3.58. The van der Waals surface area contributed by atoms with E-state index in [1.54, 1.807) is 7.11 Å². The lowest BCUT2D eigenvalue weighted by molar-refractivity contribution is 0.0935. The number of fused-ring (bicyclic) bond motifs is 1. The number of nitrogens with one attached hydrogen (secondary N) is 2. The first-order chi connectivity index (χ1) is 9.69. The van der Waals surface area contributed by atoms with Crippen molar-refractivity contribution in [1.29, 1.82) is 0 Å². The number of ether oxygens (including phenoxy) is 1. The Bertz CT molecular complexity index is 667. The Hall–Kier alpha value is -2.49. The highest BCUT2D eigenvalue weighted by atomic mass is 16.5. The second kappa shape index (κ2) is 4.89. The van der Waals surface area contributed by atoms with Gasteiger partial charge in [0.05, 0.1) is 12.7 Å². The quantitative estimate of drug-likeness (QED) is 0.880. The zero-order valence-electron chi connectivity index (χ0n) is 11.4. The molecule has 2 N–H and O–H groups in total. The molecule has 1 heterocycles. The monoisotopic (exact) mass is 268 g/mol. The first kappa shape index (κ1) is 12.5. The molecule has 1 aliphatic heterocycles. The summed E-state index contributed by atoms with van der Waals surface area (Å²) < 4.78 is 5.26. The van der Waals surface area contributed by atoms with Gasteiger partial charge in [-0.25, -0.2) is 0 Å². The van der Waals surface area contributed by atoms with E-state index in [1.807, 2.05) is 49.4 Å². The Morgan fingerprint density at radius 2 is 1.90 bits per heavy atom. The Labute approximate surface area is 117 Å². The third-order valence-electron chi connectivity index (χ3n) is 3.50. The van der Waals surface area contributed by atoms with Crippen LogP contribution in [0.3, 0.4) is 0 Å². The van der Waals surface area contributed by atoms with Gasteiger partial charge >= 0.3 is 0 Å². The van der Waals surface area contributed by atoms with Gasteiger partial charge in [0.2, 0.25) is 0 Å². The highest BCUT2D eigenvalue weighted by Gasteiger charge is 2.24. The van der Waals surface area contributed by atoms with Crippen LogP contribution >= 0.6 is 0 Å². The minimum Gasteiger partial charge on any atom is -0.496 e. The van der Waals surface area contributed by atoms with Crippen LogP contribution in [0.2, 0.25) is 0 Å². The molecule has 0 fully saturated rings. The number of amides is 1. The lowest BCUT2D eigenvalue weighted by Crippen LogP contribution is -2.38. The SMILES string of the molecule is COc1ccc(C2NC(=O)c3ccccc3N2)cc1C. The van der Waals surface area contributed by atoms with Crippen LogP contribution < -0.4 is 15.4 Å². The summed E-state index contributed by atoms with van der Waals surface area (Å²) in [4.78, 5) is 12.1. The number of anilines is 1. The summed E-state index contributed by atoms with van der Waals surface area (Å²) in [5, 5.41) is 6.30. The van der Waals surface area contributed by atoms with Crippen molar-refractivity contribution in [3.05, 3.63) is 59.2 Å². The van der Waals surface area contributed by atoms with Crippen LogP contribution in [-0.4, -0.2) is 13.0 Å². The highest BCUT2D eigenvalue weighted by molar-refractivity contribution is 6.01. The van der Waals surface area contributed by atoms with Crippen molar-refractivity contribution in [1.82, 2.24) is 5.32 Å². The van der Waals surface area contributed by atoms with E-state index in [0.29, 0.717) is 5.56 Å². The standard InChI is InChI=1S/C16H16N2O2/c1-10-9-11(7-8-14(10)20-2)15-17-13-6-4-3-5-12(13)16(19)18-15/h3-9,15,17H,1-2H3,(H,18,19). The van der Waals surface area contributed by atoms with Crippen LogP contribution in [0.5, 0.6) is 5.75 Å². The number of methoxy groups -OCH3 is 1. The molecule has 4 nitrogen and oxygen atoms in total. The van der Waals surface area contributed by atoms with Crippen molar-refractivity contribution in [2.75, 3.05) is 12.4 Å². The van der Waals surface area contributed by atoms with Crippen LogP contribution in [0.4, 0.5) is 5.69 Å². The van der Waals surface area contributed by atoms with Crippen LogP contribution in [0.1, 0.15) is 27.7 Å². The van der Waals surface area contributed by atoms with Gasteiger partial charge in [0.25, 0.3) is 5.91 Å². The third kappa shape index (κ3) is 2.09. The molecular formula is C16H16N2O2. The Morgan fingerprint density at radius 1 is 1.10 bits per heavy atom. The average Bonchev–Trinajstić information content (AvgIpc) is 2.47. The van der Waals surface area contributed by atoms with E-state index < -0.39 is 0 Å². The van der Waals surface area contributed by atoms with E-state index in [0.717, 1.165) is 22.6 Å². The molecule has 1 atom stereocenters. The van der Waals surface area contributed by atoms with E-state index in [4.69, 9.17) is 4.74 Å². The van der Waals surface area contributed by atoms with E-state index in [9.17, 15) is 4.79 Å². The van der Waals surface area contributed by atoms with Gasteiger partial charge in [-0.1, -0.05) is 18.2 Å². The molecule has 3 rings (SSSR count). The second-order valence-corrected chi connectivity index (χ2v) is 4.83. The van der Waals surface area contributed by atoms with Gasteiger partial charge in [0.15, 0.2) is 0 Å².